The van der Waals surface area contributed by atoms with E-state index in [-0.39, 0.29) is 0 Å². The van der Waals surface area contributed by atoms with Gasteiger partial charge in [-0.2, -0.15) is 0 Å². The summed E-state index contributed by atoms with van der Waals surface area (Å²) >= 11 is 6.20. The third-order valence-corrected chi connectivity index (χ3v) is 3.59. The number of hydrogen-bond acceptors (Lipinski definition) is 1. The molecule has 0 saturated carbocycles. The summed E-state index contributed by atoms with van der Waals surface area (Å²) in [4.78, 5) is 0. The van der Waals surface area contributed by atoms with E-state index in [0.29, 0.717) is 12.5 Å². The molecule has 17 heavy (non-hydrogen) atoms. The fraction of sp³-hybridized carbons (Fsp3) is 0.429. The summed E-state index contributed by atoms with van der Waals surface area (Å²) in [6, 6.07) is 4.23. The molecule has 1 aromatic carbocycles. The number of fused-ring (bicyclic) bond motifs is 1. The largest absolute Gasteiger partial charge is 0.346 e. The van der Waals surface area contributed by atoms with E-state index in [4.69, 9.17) is 17.3 Å². The molecule has 2 nitrogen and oxygen atoms in total. The second-order valence-electron chi connectivity index (χ2n) is 4.84. The molecule has 2 aromatic rings. The van der Waals surface area contributed by atoms with Gasteiger partial charge in [0.25, 0.3) is 0 Å². The Balaban J connectivity index is 2.72. The third kappa shape index (κ3) is 2.20. The van der Waals surface area contributed by atoms with Crippen molar-refractivity contribution in [2.75, 3.05) is 6.54 Å². The van der Waals surface area contributed by atoms with Gasteiger partial charge < -0.3 is 10.3 Å². The van der Waals surface area contributed by atoms with Crippen LogP contribution in [0.3, 0.4) is 0 Å². The zero-order valence-corrected chi connectivity index (χ0v) is 11.4. The first-order valence-electron chi connectivity index (χ1n) is 6.03. The number of nitrogens with zero attached hydrogens (tertiary/aromatic N) is 1. The van der Waals surface area contributed by atoms with E-state index >= 15 is 0 Å². The predicted octanol–water partition coefficient (Wildman–Crippen LogP) is 3.69. The molecule has 0 spiro atoms. The number of benzene rings is 1. The van der Waals surface area contributed by atoms with Crippen molar-refractivity contribution in [3.8, 4) is 0 Å². The molecule has 3 heteroatoms. The van der Waals surface area contributed by atoms with Crippen LogP contribution in [0.2, 0.25) is 5.02 Å². The smallest absolute Gasteiger partial charge is 0.0498 e. The number of hydrogen-bond donors (Lipinski definition) is 1. The van der Waals surface area contributed by atoms with Gasteiger partial charge in [-0.15, -0.1) is 0 Å². The Morgan fingerprint density at radius 3 is 2.65 bits per heavy atom. The summed E-state index contributed by atoms with van der Waals surface area (Å²) in [5, 5.41) is 2.12. The second-order valence-corrected chi connectivity index (χ2v) is 5.25. The maximum Gasteiger partial charge on any atom is 0.0498 e. The molecule has 2 N–H and O–H groups in total. The minimum atomic E-state index is 0.511. The quantitative estimate of drug-likeness (QED) is 0.885. The van der Waals surface area contributed by atoms with Crippen molar-refractivity contribution < 1.29 is 0 Å². The highest BCUT2D eigenvalue weighted by molar-refractivity contribution is 6.32. The van der Waals surface area contributed by atoms with Crippen LogP contribution in [0.1, 0.15) is 30.9 Å². The molecule has 0 bridgehead atoms. The Morgan fingerprint density at radius 2 is 2.06 bits per heavy atom. The average molecular weight is 251 g/mol. The van der Waals surface area contributed by atoms with Gasteiger partial charge in [-0.1, -0.05) is 25.4 Å². The van der Waals surface area contributed by atoms with Gasteiger partial charge in [0.15, 0.2) is 0 Å². The molecule has 0 aliphatic rings. The first-order chi connectivity index (χ1) is 8.04. The lowest BCUT2D eigenvalue weighted by Gasteiger charge is -2.05. The number of aryl methyl sites for hydroxylation is 1. The van der Waals surface area contributed by atoms with Gasteiger partial charge in [-0.3, -0.25) is 0 Å². The zero-order valence-electron chi connectivity index (χ0n) is 10.6. The molecular weight excluding hydrogens is 232 g/mol. The van der Waals surface area contributed by atoms with Crippen LogP contribution in [-0.4, -0.2) is 11.1 Å². The van der Waals surface area contributed by atoms with Crippen LogP contribution in [-0.2, 0) is 6.54 Å². The van der Waals surface area contributed by atoms with E-state index in [0.717, 1.165) is 17.1 Å². The fourth-order valence-corrected chi connectivity index (χ4v) is 2.39. The fourth-order valence-electron chi connectivity index (χ4n) is 2.23. The van der Waals surface area contributed by atoms with Crippen molar-refractivity contribution in [3.63, 3.8) is 0 Å². The van der Waals surface area contributed by atoms with Crippen molar-refractivity contribution in [1.29, 1.82) is 0 Å². The summed E-state index contributed by atoms with van der Waals surface area (Å²) in [6.07, 6.45) is 2.21. The van der Waals surface area contributed by atoms with Gasteiger partial charge in [-0.25, -0.2) is 0 Å². The Labute approximate surface area is 107 Å². The van der Waals surface area contributed by atoms with Crippen LogP contribution >= 0.6 is 11.6 Å². The molecule has 0 amide bonds. The highest BCUT2D eigenvalue weighted by Crippen LogP contribution is 2.31. The molecule has 1 aromatic heterocycles. The van der Waals surface area contributed by atoms with Gasteiger partial charge in [-0.05, 0) is 36.1 Å². The molecule has 92 valence electrons. The van der Waals surface area contributed by atoms with Gasteiger partial charge in [0.1, 0.15) is 0 Å². The van der Waals surface area contributed by atoms with Gasteiger partial charge in [0.05, 0.1) is 0 Å². The first kappa shape index (κ1) is 12.5. The van der Waals surface area contributed by atoms with Crippen LogP contribution in [0.25, 0.3) is 10.9 Å². The highest BCUT2D eigenvalue weighted by atomic mass is 35.5. The zero-order chi connectivity index (χ0) is 12.6. The summed E-state index contributed by atoms with van der Waals surface area (Å²) in [5.41, 5.74) is 9.34. The molecule has 0 saturated heterocycles. The van der Waals surface area contributed by atoms with Crippen molar-refractivity contribution in [2.45, 2.75) is 33.2 Å². The van der Waals surface area contributed by atoms with Crippen LogP contribution in [0.15, 0.2) is 18.3 Å². The Morgan fingerprint density at radius 1 is 1.35 bits per heavy atom. The first-order valence-corrected chi connectivity index (χ1v) is 6.41. The third-order valence-electron chi connectivity index (χ3n) is 3.18. The lowest BCUT2D eigenvalue weighted by atomic mass is 10.0. The normalized spacial score (nSPS) is 11.6. The van der Waals surface area contributed by atoms with E-state index in [1.54, 1.807) is 0 Å². The molecule has 0 radical (unpaired) electrons. The Kier molecular flexibility index (Phi) is 3.45. The van der Waals surface area contributed by atoms with Crippen molar-refractivity contribution in [3.05, 3.63) is 34.5 Å². The predicted molar refractivity (Wildman–Crippen MR) is 74.8 cm³/mol. The van der Waals surface area contributed by atoms with E-state index < -0.39 is 0 Å². The topological polar surface area (TPSA) is 30.9 Å². The minimum absolute atomic E-state index is 0.511. The summed E-state index contributed by atoms with van der Waals surface area (Å²) < 4.78 is 2.20. The van der Waals surface area contributed by atoms with E-state index in [9.17, 15) is 0 Å². The molecule has 0 aliphatic carbocycles. The standard InChI is InChI=1S/C14H19ClN2/c1-9(2)12-8-17(5-4-16)14-7-13(15)10(3)6-11(12)14/h6-9H,4-5,16H2,1-3H3. The van der Waals surface area contributed by atoms with E-state index in [1.807, 2.05) is 13.0 Å². The van der Waals surface area contributed by atoms with E-state index in [1.165, 1.54) is 16.5 Å². The van der Waals surface area contributed by atoms with Crippen LogP contribution < -0.4 is 5.73 Å². The van der Waals surface area contributed by atoms with Gasteiger partial charge in [0.2, 0.25) is 0 Å². The average Bonchev–Trinajstić information content (AvgIpc) is 2.59. The van der Waals surface area contributed by atoms with Crippen molar-refractivity contribution in [1.82, 2.24) is 4.57 Å². The number of halogens is 1. The van der Waals surface area contributed by atoms with E-state index in [2.05, 4.69) is 30.7 Å². The minimum Gasteiger partial charge on any atom is -0.346 e. The molecule has 0 fully saturated rings. The summed E-state index contributed by atoms with van der Waals surface area (Å²) in [5.74, 6) is 0.511. The van der Waals surface area contributed by atoms with Crippen molar-refractivity contribution in [2.24, 2.45) is 5.73 Å². The molecule has 1 heterocycles. The Bertz CT molecular complexity index is 541. The number of aromatic nitrogens is 1. The molecule has 0 atom stereocenters. The van der Waals surface area contributed by atoms with Crippen LogP contribution in [0, 0.1) is 6.92 Å². The van der Waals surface area contributed by atoms with Gasteiger partial charge >= 0.3 is 0 Å². The number of rotatable bonds is 3. The van der Waals surface area contributed by atoms with Crippen molar-refractivity contribution >= 4 is 22.5 Å². The molecule has 0 unspecified atom stereocenters. The summed E-state index contributed by atoms with van der Waals surface area (Å²) in [7, 11) is 0. The molecule has 2 rings (SSSR count). The lowest BCUT2D eigenvalue weighted by Crippen LogP contribution is -2.08. The maximum absolute atomic E-state index is 6.20. The van der Waals surface area contributed by atoms with Gasteiger partial charge in [0, 0.05) is 35.2 Å². The molecular formula is C14H19ClN2. The highest BCUT2D eigenvalue weighted by Gasteiger charge is 2.12. The number of nitrogens with two attached hydrogens (primary N) is 1. The summed E-state index contributed by atoms with van der Waals surface area (Å²) in [6.45, 7) is 7.96. The molecule has 0 aliphatic heterocycles. The monoisotopic (exact) mass is 250 g/mol. The lowest BCUT2D eigenvalue weighted by molar-refractivity contribution is 0.727. The maximum atomic E-state index is 6.20. The van der Waals surface area contributed by atoms with Crippen LogP contribution in [0.4, 0.5) is 0 Å². The Hall–Kier alpha value is -0.990. The second kappa shape index (κ2) is 4.71. The SMILES string of the molecule is Cc1cc2c(C(C)C)cn(CCN)c2cc1Cl. The van der Waals surface area contributed by atoms with Crippen LogP contribution in [0.5, 0.6) is 0 Å².